The summed E-state index contributed by atoms with van der Waals surface area (Å²) in [5, 5.41) is 4.87. The first-order valence-corrected chi connectivity index (χ1v) is 7.17. The van der Waals surface area contributed by atoms with Crippen molar-refractivity contribution in [3.63, 3.8) is 0 Å². The van der Waals surface area contributed by atoms with E-state index in [-0.39, 0.29) is 6.04 Å². The summed E-state index contributed by atoms with van der Waals surface area (Å²) in [7, 11) is 1.94. The average molecular weight is 344 g/mol. The van der Waals surface area contributed by atoms with Gasteiger partial charge < -0.3 is 0 Å². The molecule has 0 bridgehead atoms. The van der Waals surface area contributed by atoms with Crippen LogP contribution in [0, 0.1) is 0 Å². The molecule has 1 aromatic heterocycles. The number of aromatic nitrogens is 2. The highest BCUT2D eigenvalue weighted by atomic mass is 79.9. The number of nitrogens with zero attached hydrogens (tertiary/aromatic N) is 2. The van der Waals surface area contributed by atoms with E-state index in [0.717, 1.165) is 22.9 Å². The quantitative estimate of drug-likeness (QED) is 0.648. The van der Waals surface area contributed by atoms with Crippen molar-refractivity contribution in [1.29, 1.82) is 0 Å². The molecule has 0 fully saturated rings. The van der Waals surface area contributed by atoms with E-state index in [1.54, 1.807) is 6.20 Å². The van der Waals surface area contributed by atoms with Crippen molar-refractivity contribution in [3.8, 4) is 0 Å². The first kappa shape index (κ1) is 14.5. The van der Waals surface area contributed by atoms with Crippen LogP contribution in [0.1, 0.15) is 23.7 Å². The van der Waals surface area contributed by atoms with Crippen LogP contribution in [-0.2, 0) is 13.5 Å². The third-order valence-corrected chi connectivity index (χ3v) is 4.10. The van der Waals surface area contributed by atoms with Crippen molar-refractivity contribution in [2.24, 2.45) is 12.9 Å². The molecule has 0 spiro atoms. The van der Waals surface area contributed by atoms with E-state index in [9.17, 15) is 0 Å². The lowest BCUT2D eigenvalue weighted by Crippen LogP contribution is -2.28. The Balaban J connectivity index is 2.12. The zero-order valence-corrected chi connectivity index (χ0v) is 12.9. The fraction of sp³-hybridized carbons (Fsp3) is 0.308. The maximum absolute atomic E-state index is 6.04. The lowest BCUT2D eigenvalue weighted by Gasteiger charge is -2.18. The number of nitrogens with two attached hydrogens (primary N) is 1. The van der Waals surface area contributed by atoms with E-state index in [4.69, 9.17) is 17.4 Å². The molecule has 6 heteroatoms. The van der Waals surface area contributed by atoms with Crippen molar-refractivity contribution >= 4 is 27.5 Å². The molecule has 0 aliphatic carbocycles. The normalized spacial score (nSPS) is 12.6. The molecule has 1 atom stereocenters. The Bertz CT molecular complexity index is 555. The maximum Gasteiger partial charge on any atom is 0.0492 e. The van der Waals surface area contributed by atoms with Gasteiger partial charge in [-0.2, -0.15) is 5.10 Å². The lowest BCUT2D eigenvalue weighted by atomic mass is 10.0. The molecule has 1 aromatic carbocycles. The molecule has 0 amide bonds. The number of rotatable bonds is 5. The van der Waals surface area contributed by atoms with Gasteiger partial charge in [0.2, 0.25) is 0 Å². The number of hydrogen-bond acceptors (Lipinski definition) is 3. The molecule has 3 N–H and O–H groups in total. The molecule has 0 aliphatic heterocycles. The van der Waals surface area contributed by atoms with Gasteiger partial charge in [-0.05, 0) is 42.7 Å². The van der Waals surface area contributed by atoms with E-state index in [0.29, 0.717) is 5.02 Å². The molecule has 1 heterocycles. The SMILES string of the molecule is Cn1nccc1CCC(NN)c1cc(Cl)ccc1Br. The Hall–Kier alpha value is -0.880. The fourth-order valence-electron chi connectivity index (χ4n) is 2.05. The number of benzene rings is 1. The predicted octanol–water partition coefficient (Wildman–Crippen LogP) is 2.97. The molecule has 19 heavy (non-hydrogen) atoms. The minimum atomic E-state index is 0.0444. The summed E-state index contributed by atoms with van der Waals surface area (Å²) in [5.74, 6) is 5.66. The average Bonchev–Trinajstić information content (AvgIpc) is 2.80. The molecule has 102 valence electrons. The van der Waals surface area contributed by atoms with E-state index >= 15 is 0 Å². The van der Waals surface area contributed by atoms with Crippen LogP contribution in [0.15, 0.2) is 34.9 Å². The molecule has 2 aromatic rings. The van der Waals surface area contributed by atoms with Gasteiger partial charge in [0.25, 0.3) is 0 Å². The van der Waals surface area contributed by atoms with E-state index in [2.05, 4.69) is 26.5 Å². The van der Waals surface area contributed by atoms with Gasteiger partial charge in [-0.1, -0.05) is 27.5 Å². The van der Waals surface area contributed by atoms with Crippen molar-refractivity contribution < 1.29 is 0 Å². The van der Waals surface area contributed by atoms with Crippen molar-refractivity contribution in [1.82, 2.24) is 15.2 Å². The Morgan fingerprint density at radius 1 is 1.47 bits per heavy atom. The van der Waals surface area contributed by atoms with Gasteiger partial charge in [0.1, 0.15) is 0 Å². The summed E-state index contributed by atoms with van der Waals surface area (Å²) in [5.41, 5.74) is 5.10. The highest BCUT2D eigenvalue weighted by molar-refractivity contribution is 9.10. The highest BCUT2D eigenvalue weighted by Gasteiger charge is 2.14. The van der Waals surface area contributed by atoms with Gasteiger partial charge in [-0.25, -0.2) is 0 Å². The van der Waals surface area contributed by atoms with Crippen LogP contribution in [0.5, 0.6) is 0 Å². The number of aryl methyl sites for hydroxylation is 2. The first-order chi connectivity index (χ1) is 9.11. The van der Waals surface area contributed by atoms with Crippen LogP contribution in [0.2, 0.25) is 5.02 Å². The molecular formula is C13H16BrClN4. The Morgan fingerprint density at radius 3 is 2.89 bits per heavy atom. The second-order valence-corrected chi connectivity index (χ2v) is 5.66. The minimum absolute atomic E-state index is 0.0444. The molecule has 4 nitrogen and oxygen atoms in total. The van der Waals surface area contributed by atoms with Gasteiger partial charge in [0.05, 0.1) is 0 Å². The maximum atomic E-state index is 6.04. The van der Waals surface area contributed by atoms with E-state index in [1.165, 1.54) is 5.69 Å². The molecule has 0 aliphatic rings. The van der Waals surface area contributed by atoms with Gasteiger partial charge >= 0.3 is 0 Å². The number of hydrazine groups is 1. The summed E-state index contributed by atoms with van der Waals surface area (Å²) >= 11 is 9.57. The molecule has 2 rings (SSSR count). The first-order valence-electron chi connectivity index (χ1n) is 5.99. The Labute approximate surface area is 126 Å². The second-order valence-electron chi connectivity index (χ2n) is 4.37. The monoisotopic (exact) mass is 342 g/mol. The Morgan fingerprint density at radius 2 is 2.26 bits per heavy atom. The largest absolute Gasteiger partial charge is 0.273 e. The van der Waals surface area contributed by atoms with Gasteiger partial charge in [0, 0.05) is 34.5 Å². The highest BCUT2D eigenvalue weighted by Crippen LogP contribution is 2.28. The predicted molar refractivity (Wildman–Crippen MR) is 80.7 cm³/mol. The van der Waals surface area contributed by atoms with Gasteiger partial charge in [-0.15, -0.1) is 0 Å². The Kier molecular flexibility index (Phi) is 4.99. The van der Waals surface area contributed by atoms with Crippen LogP contribution >= 0.6 is 27.5 Å². The second kappa shape index (κ2) is 6.52. The van der Waals surface area contributed by atoms with Crippen LogP contribution < -0.4 is 11.3 Å². The van der Waals surface area contributed by atoms with Crippen molar-refractivity contribution in [2.45, 2.75) is 18.9 Å². The number of halogens is 2. The smallest absolute Gasteiger partial charge is 0.0492 e. The zero-order valence-electron chi connectivity index (χ0n) is 10.6. The van der Waals surface area contributed by atoms with E-state index in [1.807, 2.05) is 36.0 Å². The van der Waals surface area contributed by atoms with Gasteiger partial charge in [-0.3, -0.25) is 16.0 Å². The van der Waals surface area contributed by atoms with Crippen molar-refractivity contribution in [3.05, 3.63) is 51.2 Å². The third kappa shape index (κ3) is 3.57. The zero-order chi connectivity index (χ0) is 13.8. The number of nitrogens with one attached hydrogen (secondary N) is 1. The summed E-state index contributed by atoms with van der Waals surface area (Å²) in [6.07, 6.45) is 3.56. The lowest BCUT2D eigenvalue weighted by molar-refractivity contribution is 0.505. The van der Waals surface area contributed by atoms with Crippen LogP contribution in [0.4, 0.5) is 0 Å². The van der Waals surface area contributed by atoms with Crippen LogP contribution in [0.3, 0.4) is 0 Å². The summed E-state index contributed by atoms with van der Waals surface area (Å²) < 4.78 is 2.88. The summed E-state index contributed by atoms with van der Waals surface area (Å²) in [4.78, 5) is 0. The fourth-order valence-corrected chi connectivity index (χ4v) is 2.75. The van der Waals surface area contributed by atoms with Crippen LogP contribution in [-0.4, -0.2) is 9.78 Å². The number of hydrogen-bond donors (Lipinski definition) is 2. The molecule has 0 saturated carbocycles. The summed E-state index contributed by atoms with van der Waals surface area (Å²) in [6, 6.07) is 7.78. The molecule has 1 unspecified atom stereocenters. The van der Waals surface area contributed by atoms with Gasteiger partial charge in [0.15, 0.2) is 0 Å². The van der Waals surface area contributed by atoms with E-state index < -0.39 is 0 Å². The molecular weight excluding hydrogens is 328 g/mol. The molecule has 0 radical (unpaired) electrons. The summed E-state index contributed by atoms with van der Waals surface area (Å²) in [6.45, 7) is 0. The molecule has 0 saturated heterocycles. The minimum Gasteiger partial charge on any atom is -0.273 e. The standard InChI is InChI=1S/C13H16BrClN4/c1-19-10(6-7-17-19)3-5-13(18-16)11-8-9(15)2-4-12(11)14/h2,4,6-8,13,18H,3,5,16H2,1H3. The third-order valence-electron chi connectivity index (χ3n) is 3.15. The van der Waals surface area contributed by atoms with Crippen molar-refractivity contribution in [2.75, 3.05) is 0 Å². The topological polar surface area (TPSA) is 55.9 Å². The van der Waals surface area contributed by atoms with Crippen LogP contribution in [0.25, 0.3) is 0 Å².